The third kappa shape index (κ3) is 4.64. The predicted molar refractivity (Wildman–Crippen MR) is 75.3 cm³/mol. The molecule has 3 heteroatoms. The molecule has 96 valence electrons. The number of rotatable bonds is 5. The first-order valence-electron chi connectivity index (χ1n) is 6.47. The number of piperidine rings is 1. The van der Waals surface area contributed by atoms with Gasteiger partial charge in [-0.2, -0.15) is 11.8 Å². The van der Waals surface area contributed by atoms with E-state index in [1.807, 2.05) is 11.8 Å². The molecule has 1 N–H and O–H groups in total. The van der Waals surface area contributed by atoms with Gasteiger partial charge in [0.05, 0.1) is 0 Å². The van der Waals surface area contributed by atoms with Crippen LogP contribution in [0, 0.1) is 0 Å². The van der Waals surface area contributed by atoms with Crippen LogP contribution in [0.3, 0.4) is 0 Å². The maximum absolute atomic E-state index is 3.72. The van der Waals surface area contributed by atoms with Crippen LogP contribution in [0.25, 0.3) is 0 Å². The number of thioether (sulfide) groups is 1. The van der Waals surface area contributed by atoms with Crippen molar-refractivity contribution >= 4 is 11.8 Å². The molecule has 0 bridgehead atoms. The van der Waals surface area contributed by atoms with Crippen molar-refractivity contribution in [3.05, 3.63) is 0 Å². The molecule has 0 spiro atoms. The molecule has 0 unspecified atom stereocenters. The number of nitrogens with zero attached hydrogens (tertiary/aromatic N) is 1. The van der Waals surface area contributed by atoms with Gasteiger partial charge in [-0.25, -0.2) is 0 Å². The Balaban J connectivity index is 2.22. The van der Waals surface area contributed by atoms with Crippen molar-refractivity contribution in [1.82, 2.24) is 10.2 Å². The molecule has 1 saturated heterocycles. The molecule has 1 aliphatic rings. The van der Waals surface area contributed by atoms with Crippen LogP contribution in [0.5, 0.6) is 0 Å². The molecule has 0 saturated carbocycles. The zero-order valence-corrected chi connectivity index (χ0v) is 12.4. The lowest BCUT2D eigenvalue weighted by Gasteiger charge is -2.36. The molecule has 1 fully saturated rings. The van der Waals surface area contributed by atoms with Gasteiger partial charge in [0, 0.05) is 23.4 Å². The standard InChI is InChI=1S/C13H28N2S/c1-11(2)15-8-6-12(7-9-15)14-10-13(3,4)16-5/h11-12,14H,6-10H2,1-5H3. The molecule has 0 aromatic rings. The first kappa shape index (κ1) is 14.3. The van der Waals surface area contributed by atoms with E-state index in [9.17, 15) is 0 Å². The van der Waals surface area contributed by atoms with Crippen LogP contribution in [0.15, 0.2) is 0 Å². The van der Waals surface area contributed by atoms with E-state index in [0.29, 0.717) is 10.8 Å². The zero-order valence-electron chi connectivity index (χ0n) is 11.5. The minimum Gasteiger partial charge on any atom is -0.313 e. The SMILES string of the molecule is CSC(C)(C)CNC1CCN(C(C)C)CC1. The number of hydrogen-bond acceptors (Lipinski definition) is 3. The number of likely N-dealkylation sites (tertiary alicyclic amines) is 1. The third-order valence-electron chi connectivity index (χ3n) is 3.63. The second-order valence-electron chi connectivity index (χ2n) is 5.75. The Morgan fingerprint density at radius 2 is 1.88 bits per heavy atom. The summed E-state index contributed by atoms with van der Waals surface area (Å²) in [5.74, 6) is 0. The second-order valence-corrected chi connectivity index (χ2v) is 7.26. The van der Waals surface area contributed by atoms with Crippen molar-refractivity contribution in [1.29, 1.82) is 0 Å². The third-order valence-corrected chi connectivity index (χ3v) is 4.88. The van der Waals surface area contributed by atoms with Gasteiger partial charge in [0.15, 0.2) is 0 Å². The molecule has 1 rings (SSSR count). The Kier molecular flexibility index (Phi) is 5.62. The highest BCUT2D eigenvalue weighted by atomic mass is 32.2. The van der Waals surface area contributed by atoms with Gasteiger partial charge in [-0.1, -0.05) is 0 Å². The quantitative estimate of drug-likeness (QED) is 0.800. The van der Waals surface area contributed by atoms with E-state index in [4.69, 9.17) is 0 Å². The van der Waals surface area contributed by atoms with Crippen LogP contribution in [0.1, 0.15) is 40.5 Å². The van der Waals surface area contributed by atoms with Crippen LogP contribution in [0.2, 0.25) is 0 Å². The largest absolute Gasteiger partial charge is 0.313 e. The summed E-state index contributed by atoms with van der Waals surface area (Å²) in [6.45, 7) is 12.9. The van der Waals surface area contributed by atoms with E-state index >= 15 is 0 Å². The first-order valence-corrected chi connectivity index (χ1v) is 7.69. The van der Waals surface area contributed by atoms with E-state index in [2.05, 4.69) is 44.2 Å². The van der Waals surface area contributed by atoms with E-state index in [1.165, 1.54) is 25.9 Å². The van der Waals surface area contributed by atoms with Gasteiger partial charge < -0.3 is 10.2 Å². The predicted octanol–water partition coefficient (Wildman–Crippen LogP) is 2.59. The summed E-state index contributed by atoms with van der Waals surface area (Å²) in [6, 6.07) is 1.45. The van der Waals surface area contributed by atoms with Gasteiger partial charge in [0.2, 0.25) is 0 Å². The maximum Gasteiger partial charge on any atom is 0.0225 e. The fraction of sp³-hybridized carbons (Fsp3) is 1.00. The van der Waals surface area contributed by atoms with Crippen LogP contribution in [0.4, 0.5) is 0 Å². The lowest BCUT2D eigenvalue weighted by molar-refractivity contribution is 0.160. The van der Waals surface area contributed by atoms with Gasteiger partial charge in [0.25, 0.3) is 0 Å². The van der Waals surface area contributed by atoms with Crippen molar-refractivity contribution in [2.24, 2.45) is 0 Å². The molecular weight excluding hydrogens is 216 g/mol. The van der Waals surface area contributed by atoms with Crippen molar-refractivity contribution < 1.29 is 0 Å². The molecular formula is C13H28N2S. The van der Waals surface area contributed by atoms with Crippen LogP contribution in [-0.2, 0) is 0 Å². The maximum atomic E-state index is 3.72. The summed E-state index contributed by atoms with van der Waals surface area (Å²) in [6.07, 6.45) is 4.81. The smallest absolute Gasteiger partial charge is 0.0225 e. The highest BCUT2D eigenvalue weighted by molar-refractivity contribution is 7.99. The average Bonchev–Trinajstić information content (AvgIpc) is 2.27. The van der Waals surface area contributed by atoms with E-state index in [-0.39, 0.29) is 0 Å². The van der Waals surface area contributed by atoms with Crippen LogP contribution < -0.4 is 5.32 Å². The average molecular weight is 244 g/mol. The Morgan fingerprint density at radius 1 is 1.31 bits per heavy atom. The van der Waals surface area contributed by atoms with Gasteiger partial charge >= 0.3 is 0 Å². The molecule has 0 aromatic heterocycles. The summed E-state index contributed by atoms with van der Waals surface area (Å²) in [4.78, 5) is 2.58. The molecule has 0 aromatic carbocycles. The fourth-order valence-corrected chi connectivity index (χ4v) is 2.31. The van der Waals surface area contributed by atoms with Gasteiger partial charge in [-0.3, -0.25) is 0 Å². The Morgan fingerprint density at radius 3 is 2.31 bits per heavy atom. The topological polar surface area (TPSA) is 15.3 Å². The molecule has 1 aliphatic heterocycles. The Labute approximate surface area is 106 Å². The summed E-state index contributed by atoms with van der Waals surface area (Å²) < 4.78 is 0.370. The summed E-state index contributed by atoms with van der Waals surface area (Å²) in [5.41, 5.74) is 0. The van der Waals surface area contributed by atoms with E-state index < -0.39 is 0 Å². The van der Waals surface area contributed by atoms with Gasteiger partial charge in [0.1, 0.15) is 0 Å². The minimum atomic E-state index is 0.370. The Hall–Kier alpha value is 0.270. The van der Waals surface area contributed by atoms with Crippen LogP contribution in [-0.4, -0.2) is 47.6 Å². The highest BCUT2D eigenvalue weighted by Gasteiger charge is 2.23. The lowest BCUT2D eigenvalue weighted by Crippen LogP contribution is -2.47. The molecule has 16 heavy (non-hydrogen) atoms. The normalized spacial score (nSPS) is 20.6. The molecule has 0 atom stereocenters. The van der Waals surface area contributed by atoms with Crippen LogP contribution >= 0.6 is 11.8 Å². The lowest BCUT2D eigenvalue weighted by atomic mass is 10.0. The highest BCUT2D eigenvalue weighted by Crippen LogP contribution is 2.21. The summed E-state index contributed by atoms with van der Waals surface area (Å²) in [7, 11) is 0. The Bertz CT molecular complexity index is 196. The van der Waals surface area contributed by atoms with E-state index in [1.54, 1.807) is 0 Å². The zero-order chi connectivity index (χ0) is 12.2. The van der Waals surface area contributed by atoms with E-state index in [0.717, 1.165) is 12.6 Å². The second kappa shape index (κ2) is 6.27. The molecule has 2 nitrogen and oxygen atoms in total. The van der Waals surface area contributed by atoms with Crippen molar-refractivity contribution in [3.8, 4) is 0 Å². The first-order chi connectivity index (χ1) is 7.44. The number of nitrogens with one attached hydrogen (secondary N) is 1. The summed E-state index contributed by atoms with van der Waals surface area (Å²) >= 11 is 1.95. The fourth-order valence-electron chi connectivity index (χ4n) is 2.08. The molecule has 0 amide bonds. The number of hydrogen-bond donors (Lipinski definition) is 1. The monoisotopic (exact) mass is 244 g/mol. The van der Waals surface area contributed by atoms with Crippen molar-refractivity contribution in [2.75, 3.05) is 25.9 Å². The molecule has 0 aliphatic carbocycles. The molecule has 0 radical (unpaired) electrons. The van der Waals surface area contributed by atoms with Crippen molar-refractivity contribution in [2.45, 2.75) is 57.4 Å². The van der Waals surface area contributed by atoms with Gasteiger partial charge in [-0.05, 0) is 59.9 Å². The van der Waals surface area contributed by atoms with Gasteiger partial charge in [-0.15, -0.1) is 0 Å². The molecule has 1 heterocycles. The minimum absolute atomic E-state index is 0.370. The summed E-state index contributed by atoms with van der Waals surface area (Å²) in [5, 5.41) is 3.72. The van der Waals surface area contributed by atoms with Crippen molar-refractivity contribution in [3.63, 3.8) is 0 Å².